The van der Waals surface area contributed by atoms with E-state index in [2.05, 4.69) is 51.2 Å². The maximum atomic E-state index is 12.0. The number of hydrogen-bond acceptors (Lipinski definition) is 2. The first-order valence-corrected chi connectivity index (χ1v) is 7.72. The molecule has 2 rings (SSSR count). The smallest absolute Gasteiger partial charge is 0.221 e. The lowest BCUT2D eigenvalue weighted by atomic mass is 9.86. The molecule has 0 unspecified atom stereocenters. The number of benzene rings is 1. The van der Waals surface area contributed by atoms with Crippen molar-refractivity contribution in [2.75, 3.05) is 5.32 Å². The van der Waals surface area contributed by atoms with Crippen LogP contribution in [-0.4, -0.2) is 10.5 Å². The molecule has 1 heterocycles. The molecule has 0 spiro atoms. The number of nitrogens with one attached hydrogen (secondary N) is 1. The summed E-state index contributed by atoms with van der Waals surface area (Å²) >= 11 is 0. The Morgan fingerprint density at radius 3 is 2.35 bits per heavy atom. The van der Waals surface area contributed by atoms with Crippen LogP contribution in [0.5, 0.6) is 0 Å². The number of carbonyl (C=O) groups is 1. The van der Waals surface area contributed by atoms with E-state index in [0.29, 0.717) is 5.69 Å². The van der Waals surface area contributed by atoms with Crippen molar-refractivity contribution < 1.29 is 4.79 Å². The Labute approximate surface area is 137 Å². The van der Waals surface area contributed by atoms with Gasteiger partial charge in [-0.1, -0.05) is 26.8 Å². The summed E-state index contributed by atoms with van der Waals surface area (Å²) in [5.41, 5.74) is 4.28. The van der Waals surface area contributed by atoms with Gasteiger partial charge in [-0.25, -0.2) is 0 Å². The van der Waals surface area contributed by atoms with Crippen LogP contribution in [0.15, 0.2) is 35.3 Å². The highest BCUT2D eigenvalue weighted by molar-refractivity contribution is 5.89. The SMILES string of the molecule is CC(=O)Nc1c(C)n(-c2cc(C)cc(C(C)(C)C)c2)ccc1=O. The van der Waals surface area contributed by atoms with Gasteiger partial charge in [-0.3, -0.25) is 9.59 Å². The van der Waals surface area contributed by atoms with E-state index in [1.54, 1.807) is 6.20 Å². The summed E-state index contributed by atoms with van der Waals surface area (Å²) in [6.07, 6.45) is 1.75. The molecule has 122 valence electrons. The predicted octanol–water partition coefficient (Wildman–Crippen LogP) is 3.71. The van der Waals surface area contributed by atoms with Gasteiger partial charge in [0.2, 0.25) is 11.3 Å². The minimum Gasteiger partial charge on any atom is -0.322 e. The first-order chi connectivity index (χ1) is 10.6. The maximum Gasteiger partial charge on any atom is 0.221 e. The number of hydrogen-bond donors (Lipinski definition) is 1. The van der Waals surface area contributed by atoms with Gasteiger partial charge in [0.15, 0.2) is 0 Å². The Balaban J connectivity index is 2.66. The van der Waals surface area contributed by atoms with E-state index < -0.39 is 0 Å². The van der Waals surface area contributed by atoms with Crippen molar-refractivity contribution in [1.29, 1.82) is 0 Å². The van der Waals surface area contributed by atoms with Crippen LogP contribution in [0.25, 0.3) is 5.69 Å². The molecular formula is C19H24N2O2. The second-order valence-corrected chi connectivity index (χ2v) is 7.00. The zero-order valence-electron chi connectivity index (χ0n) is 14.7. The lowest BCUT2D eigenvalue weighted by Crippen LogP contribution is -2.20. The highest BCUT2D eigenvalue weighted by Gasteiger charge is 2.16. The van der Waals surface area contributed by atoms with Crippen molar-refractivity contribution >= 4 is 11.6 Å². The molecule has 23 heavy (non-hydrogen) atoms. The number of aryl methyl sites for hydroxylation is 1. The average Bonchev–Trinajstić information content (AvgIpc) is 2.41. The Morgan fingerprint density at radius 2 is 1.78 bits per heavy atom. The van der Waals surface area contributed by atoms with Crippen LogP contribution in [0.2, 0.25) is 0 Å². The molecule has 0 saturated heterocycles. The number of carbonyl (C=O) groups excluding carboxylic acids is 1. The molecule has 2 aromatic rings. The molecule has 4 heteroatoms. The third-order valence-corrected chi connectivity index (χ3v) is 3.85. The molecule has 0 fully saturated rings. The third-order valence-electron chi connectivity index (χ3n) is 3.85. The molecule has 0 saturated carbocycles. The van der Waals surface area contributed by atoms with Gasteiger partial charge in [0.05, 0.1) is 0 Å². The normalized spacial score (nSPS) is 11.4. The number of rotatable bonds is 2. The Morgan fingerprint density at radius 1 is 1.13 bits per heavy atom. The summed E-state index contributed by atoms with van der Waals surface area (Å²) in [5.74, 6) is -0.248. The quantitative estimate of drug-likeness (QED) is 0.919. The summed E-state index contributed by atoms with van der Waals surface area (Å²) in [6.45, 7) is 11.8. The summed E-state index contributed by atoms with van der Waals surface area (Å²) in [5, 5.41) is 2.64. The van der Waals surface area contributed by atoms with E-state index in [1.807, 2.05) is 11.5 Å². The summed E-state index contributed by atoms with van der Waals surface area (Å²) < 4.78 is 1.94. The molecular weight excluding hydrogens is 288 g/mol. The van der Waals surface area contributed by atoms with Crippen LogP contribution in [0.1, 0.15) is 44.5 Å². The molecule has 1 aromatic heterocycles. The monoisotopic (exact) mass is 312 g/mol. The van der Waals surface area contributed by atoms with Crippen molar-refractivity contribution in [1.82, 2.24) is 4.57 Å². The van der Waals surface area contributed by atoms with Gasteiger partial charge in [-0.05, 0) is 42.5 Å². The fourth-order valence-corrected chi connectivity index (χ4v) is 2.58. The molecule has 1 amide bonds. The van der Waals surface area contributed by atoms with Gasteiger partial charge in [-0.15, -0.1) is 0 Å². The van der Waals surface area contributed by atoms with Crippen LogP contribution in [0.3, 0.4) is 0 Å². The van der Waals surface area contributed by atoms with E-state index in [4.69, 9.17) is 0 Å². The van der Waals surface area contributed by atoms with E-state index in [1.165, 1.54) is 18.6 Å². The molecule has 0 radical (unpaired) electrons. The zero-order valence-corrected chi connectivity index (χ0v) is 14.7. The Kier molecular flexibility index (Phi) is 4.46. The predicted molar refractivity (Wildman–Crippen MR) is 94.5 cm³/mol. The summed E-state index contributed by atoms with van der Waals surface area (Å²) in [6, 6.07) is 7.86. The van der Waals surface area contributed by atoms with E-state index >= 15 is 0 Å². The fourth-order valence-electron chi connectivity index (χ4n) is 2.58. The van der Waals surface area contributed by atoms with Gasteiger partial charge >= 0.3 is 0 Å². The topological polar surface area (TPSA) is 51.1 Å². The highest BCUT2D eigenvalue weighted by atomic mass is 16.2. The molecule has 0 aliphatic rings. The molecule has 1 aromatic carbocycles. The maximum absolute atomic E-state index is 12.0. The average molecular weight is 312 g/mol. The van der Waals surface area contributed by atoms with Crippen LogP contribution in [0, 0.1) is 13.8 Å². The number of pyridine rings is 1. The van der Waals surface area contributed by atoms with Crippen LogP contribution >= 0.6 is 0 Å². The van der Waals surface area contributed by atoms with Crippen molar-refractivity contribution in [3.8, 4) is 5.69 Å². The second-order valence-electron chi connectivity index (χ2n) is 7.00. The lowest BCUT2D eigenvalue weighted by Gasteiger charge is -2.22. The summed E-state index contributed by atoms with van der Waals surface area (Å²) in [4.78, 5) is 23.4. The molecule has 0 atom stereocenters. The number of nitrogens with zero attached hydrogens (tertiary/aromatic N) is 1. The molecule has 1 N–H and O–H groups in total. The van der Waals surface area contributed by atoms with Crippen molar-refractivity contribution in [3.05, 3.63) is 57.5 Å². The van der Waals surface area contributed by atoms with Gasteiger partial charge < -0.3 is 9.88 Å². The van der Waals surface area contributed by atoms with E-state index in [0.717, 1.165) is 16.9 Å². The van der Waals surface area contributed by atoms with Gasteiger partial charge in [0.1, 0.15) is 5.69 Å². The number of anilines is 1. The van der Waals surface area contributed by atoms with Crippen molar-refractivity contribution in [2.45, 2.75) is 47.0 Å². The first-order valence-electron chi connectivity index (χ1n) is 7.72. The Hall–Kier alpha value is -2.36. The highest BCUT2D eigenvalue weighted by Crippen LogP contribution is 2.27. The zero-order chi connectivity index (χ0) is 17.4. The van der Waals surface area contributed by atoms with Crippen LogP contribution < -0.4 is 10.7 Å². The van der Waals surface area contributed by atoms with Gasteiger partial charge in [0, 0.05) is 30.6 Å². The minimum atomic E-state index is -0.248. The molecule has 0 aliphatic carbocycles. The molecule has 0 aliphatic heterocycles. The lowest BCUT2D eigenvalue weighted by molar-refractivity contribution is -0.114. The number of aromatic nitrogens is 1. The van der Waals surface area contributed by atoms with Gasteiger partial charge in [-0.2, -0.15) is 0 Å². The van der Waals surface area contributed by atoms with Crippen molar-refractivity contribution in [3.63, 3.8) is 0 Å². The Bertz CT molecular complexity index is 811. The largest absolute Gasteiger partial charge is 0.322 e. The number of amides is 1. The summed E-state index contributed by atoms with van der Waals surface area (Å²) in [7, 11) is 0. The van der Waals surface area contributed by atoms with Crippen LogP contribution in [-0.2, 0) is 10.2 Å². The standard InChI is InChI=1S/C19H24N2O2/c1-12-9-15(19(4,5)6)11-16(10-12)21-8-7-17(23)18(13(21)2)20-14(3)22/h7-11H,1-6H3,(H,20,22). The second kappa shape index (κ2) is 6.03. The van der Waals surface area contributed by atoms with Gasteiger partial charge in [0.25, 0.3) is 0 Å². The third kappa shape index (κ3) is 3.70. The van der Waals surface area contributed by atoms with E-state index in [-0.39, 0.29) is 16.8 Å². The van der Waals surface area contributed by atoms with E-state index in [9.17, 15) is 9.59 Å². The molecule has 0 bridgehead atoms. The minimum absolute atomic E-state index is 0.0359. The van der Waals surface area contributed by atoms with Crippen molar-refractivity contribution in [2.24, 2.45) is 0 Å². The molecule has 4 nitrogen and oxygen atoms in total. The first kappa shape index (κ1) is 17.0. The fraction of sp³-hybridized carbons (Fsp3) is 0.368. The van der Waals surface area contributed by atoms with Crippen LogP contribution in [0.4, 0.5) is 5.69 Å².